The van der Waals surface area contributed by atoms with Gasteiger partial charge >= 0.3 is 0 Å². The molecule has 1 aromatic rings. The highest BCUT2D eigenvalue weighted by atomic mass is 16.5. The Morgan fingerprint density at radius 3 is 2.88 bits per heavy atom. The van der Waals surface area contributed by atoms with Crippen molar-refractivity contribution in [3.8, 4) is 0 Å². The van der Waals surface area contributed by atoms with E-state index in [9.17, 15) is 0 Å². The number of hydrogen-bond donors (Lipinski definition) is 1. The van der Waals surface area contributed by atoms with Crippen molar-refractivity contribution >= 4 is 0 Å². The standard InChI is InChI=1S/C11H19N3O2/c1-9-13-10(14-16-9)7-12-8-11(3-4-11)5-6-15-2/h12H,3-8H2,1-2H3. The van der Waals surface area contributed by atoms with E-state index < -0.39 is 0 Å². The maximum absolute atomic E-state index is 5.12. The van der Waals surface area contributed by atoms with E-state index in [1.54, 1.807) is 14.0 Å². The van der Waals surface area contributed by atoms with Gasteiger partial charge in [0, 0.05) is 27.2 Å². The molecule has 1 heterocycles. The molecular formula is C11H19N3O2. The highest BCUT2D eigenvalue weighted by molar-refractivity contribution is 4.95. The van der Waals surface area contributed by atoms with Gasteiger partial charge in [-0.1, -0.05) is 5.16 Å². The molecule has 1 N–H and O–H groups in total. The molecule has 90 valence electrons. The highest BCUT2D eigenvalue weighted by Crippen LogP contribution is 2.48. The van der Waals surface area contributed by atoms with Crippen LogP contribution in [0.5, 0.6) is 0 Å². The van der Waals surface area contributed by atoms with Crippen LogP contribution >= 0.6 is 0 Å². The molecule has 1 aliphatic rings. The summed E-state index contributed by atoms with van der Waals surface area (Å²) in [5.41, 5.74) is 0.467. The smallest absolute Gasteiger partial charge is 0.223 e. The summed E-state index contributed by atoms with van der Waals surface area (Å²) in [6.07, 6.45) is 3.74. The van der Waals surface area contributed by atoms with Crippen molar-refractivity contribution in [2.24, 2.45) is 5.41 Å². The molecule has 0 amide bonds. The summed E-state index contributed by atoms with van der Waals surface area (Å²) in [7, 11) is 1.76. The van der Waals surface area contributed by atoms with Crippen LogP contribution in [0.3, 0.4) is 0 Å². The Morgan fingerprint density at radius 2 is 2.31 bits per heavy atom. The Bertz CT molecular complexity index is 334. The first-order valence-corrected chi connectivity index (χ1v) is 5.73. The molecule has 0 spiro atoms. The topological polar surface area (TPSA) is 60.2 Å². The van der Waals surface area contributed by atoms with Crippen LogP contribution in [0.15, 0.2) is 4.52 Å². The van der Waals surface area contributed by atoms with E-state index in [-0.39, 0.29) is 0 Å². The molecule has 1 fully saturated rings. The van der Waals surface area contributed by atoms with E-state index in [0.29, 0.717) is 17.9 Å². The lowest BCUT2D eigenvalue weighted by Crippen LogP contribution is -2.25. The van der Waals surface area contributed by atoms with Gasteiger partial charge in [-0.15, -0.1) is 0 Å². The normalized spacial score (nSPS) is 17.6. The Labute approximate surface area is 95.6 Å². The number of nitrogens with one attached hydrogen (secondary N) is 1. The lowest BCUT2D eigenvalue weighted by Gasteiger charge is -2.14. The predicted octanol–water partition coefficient (Wildman–Crippen LogP) is 1.28. The van der Waals surface area contributed by atoms with Gasteiger partial charge in [-0.3, -0.25) is 0 Å². The summed E-state index contributed by atoms with van der Waals surface area (Å²) in [6, 6.07) is 0. The molecular weight excluding hydrogens is 206 g/mol. The maximum atomic E-state index is 5.12. The van der Waals surface area contributed by atoms with Crippen molar-refractivity contribution in [3.05, 3.63) is 11.7 Å². The third-order valence-electron chi connectivity index (χ3n) is 3.15. The predicted molar refractivity (Wildman–Crippen MR) is 58.9 cm³/mol. The molecule has 5 nitrogen and oxygen atoms in total. The zero-order valence-electron chi connectivity index (χ0n) is 9.95. The summed E-state index contributed by atoms with van der Waals surface area (Å²) in [5, 5.41) is 7.23. The van der Waals surface area contributed by atoms with Crippen molar-refractivity contribution in [2.75, 3.05) is 20.3 Å². The van der Waals surface area contributed by atoms with E-state index in [2.05, 4.69) is 15.5 Å². The summed E-state index contributed by atoms with van der Waals surface area (Å²) >= 11 is 0. The second-order valence-corrected chi connectivity index (χ2v) is 4.58. The number of nitrogens with zero attached hydrogens (tertiary/aromatic N) is 2. The van der Waals surface area contributed by atoms with Gasteiger partial charge in [0.25, 0.3) is 0 Å². The molecule has 1 aliphatic carbocycles. The molecule has 16 heavy (non-hydrogen) atoms. The van der Waals surface area contributed by atoms with Crippen LogP contribution in [0, 0.1) is 12.3 Å². The lowest BCUT2D eigenvalue weighted by molar-refractivity contribution is 0.171. The highest BCUT2D eigenvalue weighted by Gasteiger charge is 2.41. The fourth-order valence-corrected chi connectivity index (χ4v) is 1.86. The largest absolute Gasteiger partial charge is 0.385 e. The van der Waals surface area contributed by atoms with Gasteiger partial charge in [-0.05, 0) is 24.7 Å². The van der Waals surface area contributed by atoms with E-state index in [4.69, 9.17) is 9.26 Å². The average Bonchev–Trinajstić information content (AvgIpc) is 2.92. The van der Waals surface area contributed by atoms with Gasteiger partial charge in [-0.25, -0.2) is 0 Å². The molecule has 2 rings (SSSR count). The van der Waals surface area contributed by atoms with Crippen molar-refractivity contribution < 1.29 is 9.26 Å². The summed E-state index contributed by atoms with van der Waals surface area (Å²) in [6.45, 7) is 4.36. The van der Waals surface area contributed by atoms with Crippen molar-refractivity contribution in [1.29, 1.82) is 0 Å². The quantitative estimate of drug-likeness (QED) is 0.757. The first-order valence-electron chi connectivity index (χ1n) is 5.73. The van der Waals surface area contributed by atoms with Crippen molar-refractivity contribution in [3.63, 3.8) is 0 Å². The van der Waals surface area contributed by atoms with E-state index >= 15 is 0 Å². The van der Waals surface area contributed by atoms with E-state index in [1.165, 1.54) is 12.8 Å². The molecule has 0 atom stereocenters. The fourth-order valence-electron chi connectivity index (χ4n) is 1.86. The molecule has 0 aromatic carbocycles. The zero-order valence-corrected chi connectivity index (χ0v) is 9.95. The van der Waals surface area contributed by atoms with Gasteiger partial charge in [-0.2, -0.15) is 4.98 Å². The third kappa shape index (κ3) is 3.02. The van der Waals surface area contributed by atoms with Gasteiger partial charge in [0.2, 0.25) is 5.89 Å². The summed E-state index contributed by atoms with van der Waals surface area (Å²) in [4.78, 5) is 4.15. The Kier molecular flexibility index (Phi) is 3.56. The van der Waals surface area contributed by atoms with Crippen LogP contribution < -0.4 is 5.32 Å². The monoisotopic (exact) mass is 225 g/mol. The minimum atomic E-state index is 0.467. The number of rotatable bonds is 7. The first-order chi connectivity index (χ1) is 7.74. The van der Waals surface area contributed by atoms with E-state index in [0.717, 1.165) is 25.4 Å². The van der Waals surface area contributed by atoms with Crippen molar-refractivity contribution in [2.45, 2.75) is 32.7 Å². The Balaban J connectivity index is 1.68. The van der Waals surface area contributed by atoms with Crippen molar-refractivity contribution in [1.82, 2.24) is 15.5 Å². The van der Waals surface area contributed by atoms with Crippen LogP contribution in [0.2, 0.25) is 0 Å². The van der Waals surface area contributed by atoms with Gasteiger partial charge in [0.15, 0.2) is 5.82 Å². The van der Waals surface area contributed by atoms with Gasteiger partial charge in [0.1, 0.15) is 0 Å². The fraction of sp³-hybridized carbons (Fsp3) is 0.818. The number of aryl methyl sites for hydroxylation is 1. The minimum absolute atomic E-state index is 0.467. The van der Waals surface area contributed by atoms with Crippen LogP contribution in [0.25, 0.3) is 0 Å². The SMILES string of the molecule is COCCC1(CNCc2noc(C)n2)CC1. The number of aromatic nitrogens is 2. The first kappa shape index (κ1) is 11.5. The second-order valence-electron chi connectivity index (χ2n) is 4.58. The molecule has 0 aliphatic heterocycles. The molecule has 1 saturated carbocycles. The summed E-state index contributed by atoms with van der Waals surface area (Å²) in [5.74, 6) is 1.36. The second kappa shape index (κ2) is 4.93. The van der Waals surface area contributed by atoms with Crippen LogP contribution in [0.1, 0.15) is 31.0 Å². The average molecular weight is 225 g/mol. The van der Waals surface area contributed by atoms with Crippen LogP contribution in [-0.2, 0) is 11.3 Å². The molecule has 5 heteroatoms. The Morgan fingerprint density at radius 1 is 1.50 bits per heavy atom. The zero-order chi connectivity index (χ0) is 11.4. The van der Waals surface area contributed by atoms with E-state index in [1.807, 2.05) is 0 Å². The number of methoxy groups -OCH3 is 1. The van der Waals surface area contributed by atoms with Gasteiger partial charge < -0.3 is 14.6 Å². The number of hydrogen-bond acceptors (Lipinski definition) is 5. The van der Waals surface area contributed by atoms with Gasteiger partial charge in [0.05, 0.1) is 6.54 Å². The summed E-state index contributed by atoms with van der Waals surface area (Å²) < 4.78 is 10.0. The van der Waals surface area contributed by atoms with Crippen LogP contribution in [-0.4, -0.2) is 30.4 Å². The Hall–Kier alpha value is -0.940. The molecule has 0 saturated heterocycles. The minimum Gasteiger partial charge on any atom is -0.385 e. The lowest BCUT2D eigenvalue weighted by atomic mass is 10.0. The molecule has 1 aromatic heterocycles. The third-order valence-corrected chi connectivity index (χ3v) is 3.15. The molecule has 0 bridgehead atoms. The molecule has 0 radical (unpaired) electrons. The molecule has 0 unspecified atom stereocenters. The van der Waals surface area contributed by atoms with Crippen LogP contribution in [0.4, 0.5) is 0 Å². The number of ether oxygens (including phenoxy) is 1. The maximum Gasteiger partial charge on any atom is 0.223 e.